The number of aromatic nitrogens is 2. The van der Waals surface area contributed by atoms with E-state index < -0.39 is 0 Å². The minimum atomic E-state index is -0.148. The summed E-state index contributed by atoms with van der Waals surface area (Å²) < 4.78 is 7.14. The summed E-state index contributed by atoms with van der Waals surface area (Å²) in [5.74, 6) is 0.554. The van der Waals surface area contributed by atoms with Crippen molar-refractivity contribution < 1.29 is 9.53 Å². The molecule has 5 nitrogen and oxygen atoms in total. The monoisotopic (exact) mass is 348 g/mol. The number of rotatable bonds is 3. The molecule has 2 rings (SSSR count). The van der Waals surface area contributed by atoms with E-state index >= 15 is 0 Å². The van der Waals surface area contributed by atoms with E-state index in [-0.39, 0.29) is 23.8 Å². The Morgan fingerprint density at radius 3 is 3.12 bits per heavy atom. The van der Waals surface area contributed by atoms with Gasteiger partial charge in [0.25, 0.3) is 5.56 Å². The normalized spacial score (nSPS) is 19.5. The molecule has 17 heavy (non-hydrogen) atoms. The molecule has 1 aliphatic rings. The summed E-state index contributed by atoms with van der Waals surface area (Å²) in [6.45, 7) is 2.94. The number of Topliss-reactive ketones (excluding diaryl/α,β-unsaturated/α-hetero) is 1. The third-order valence-corrected chi connectivity index (χ3v) is 3.64. The highest BCUT2D eigenvalue weighted by Crippen LogP contribution is 2.14. The molecule has 1 atom stereocenters. The standard InChI is InChI=1S/C11H13IN2O3/c1-7-13-4-9(12)11(16)14(7)5-10(15)8-2-3-17-6-8/h4,8H,2-3,5-6H2,1H3. The molecule has 0 saturated carbocycles. The van der Waals surface area contributed by atoms with Gasteiger partial charge < -0.3 is 4.74 Å². The molecule has 0 N–H and O–H groups in total. The van der Waals surface area contributed by atoms with Crippen LogP contribution >= 0.6 is 22.6 Å². The number of aryl methyl sites for hydroxylation is 1. The first-order valence-electron chi connectivity index (χ1n) is 5.42. The van der Waals surface area contributed by atoms with Crippen LogP contribution in [0, 0.1) is 16.4 Å². The molecule has 0 amide bonds. The molecule has 92 valence electrons. The van der Waals surface area contributed by atoms with Crippen molar-refractivity contribution in [2.45, 2.75) is 19.9 Å². The predicted molar refractivity (Wildman–Crippen MR) is 69.9 cm³/mol. The highest BCUT2D eigenvalue weighted by molar-refractivity contribution is 14.1. The van der Waals surface area contributed by atoms with Gasteiger partial charge >= 0.3 is 0 Å². The molecule has 0 spiro atoms. The molecule has 0 radical (unpaired) electrons. The quantitative estimate of drug-likeness (QED) is 0.757. The fourth-order valence-electron chi connectivity index (χ4n) is 1.81. The zero-order valence-electron chi connectivity index (χ0n) is 9.48. The first kappa shape index (κ1) is 12.7. The largest absolute Gasteiger partial charge is 0.381 e. The van der Waals surface area contributed by atoms with Gasteiger partial charge in [-0.2, -0.15) is 0 Å². The number of ketones is 1. The first-order chi connectivity index (χ1) is 8.09. The van der Waals surface area contributed by atoms with Gasteiger partial charge in [0.05, 0.1) is 16.7 Å². The molecule has 1 aliphatic heterocycles. The Morgan fingerprint density at radius 1 is 1.71 bits per heavy atom. The second-order valence-corrected chi connectivity index (χ2v) is 5.23. The van der Waals surface area contributed by atoms with Crippen molar-refractivity contribution in [2.75, 3.05) is 13.2 Å². The average molecular weight is 348 g/mol. The van der Waals surface area contributed by atoms with E-state index in [1.54, 1.807) is 6.92 Å². The molecule has 0 aliphatic carbocycles. The zero-order chi connectivity index (χ0) is 12.4. The number of ether oxygens (including phenoxy) is 1. The van der Waals surface area contributed by atoms with Crippen LogP contribution in [0.15, 0.2) is 11.0 Å². The predicted octanol–water partition coefficient (Wildman–Crippen LogP) is 0.762. The topological polar surface area (TPSA) is 61.2 Å². The Labute approximate surface area is 112 Å². The Balaban J connectivity index is 2.21. The van der Waals surface area contributed by atoms with Crippen molar-refractivity contribution in [3.05, 3.63) is 25.9 Å². The number of nitrogens with zero attached hydrogens (tertiary/aromatic N) is 2. The molecule has 0 aromatic carbocycles. The summed E-state index contributed by atoms with van der Waals surface area (Å²) in [6.07, 6.45) is 2.28. The van der Waals surface area contributed by atoms with Gasteiger partial charge in [-0.25, -0.2) is 4.98 Å². The number of hydrogen-bond acceptors (Lipinski definition) is 4. The van der Waals surface area contributed by atoms with Gasteiger partial charge in [-0.15, -0.1) is 0 Å². The van der Waals surface area contributed by atoms with E-state index in [4.69, 9.17) is 4.74 Å². The van der Waals surface area contributed by atoms with Gasteiger partial charge in [0.15, 0.2) is 5.78 Å². The third-order valence-electron chi connectivity index (χ3n) is 2.90. The maximum atomic E-state index is 12.0. The first-order valence-corrected chi connectivity index (χ1v) is 6.50. The van der Waals surface area contributed by atoms with Crippen molar-refractivity contribution in [1.29, 1.82) is 0 Å². The summed E-state index contributed by atoms with van der Waals surface area (Å²) in [7, 11) is 0. The van der Waals surface area contributed by atoms with E-state index in [1.807, 2.05) is 22.6 Å². The average Bonchev–Trinajstić information content (AvgIpc) is 2.83. The number of carbonyl (C=O) groups excluding carboxylic acids is 1. The number of hydrogen-bond donors (Lipinski definition) is 0. The number of carbonyl (C=O) groups is 1. The van der Waals surface area contributed by atoms with E-state index in [9.17, 15) is 9.59 Å². The second-order valence-electron chi connectivity index (χ2n) is 4.07. The van der Waals surface area contributed by atoms with Crippen molar-refractivity contribution >= 4 is 28.4 Å². The van der Waals surface area contributed by atoms with Crippen LogP contribution in [0.25, 0.3) is 0 Å². The maximum absolute atomic E-state index is 12.0. The molecule has 6 heteroatoms. The van der Waals surface area contributed by atoms with Crippen molar-refractivity contribution in [3.63, 3.8) is 0 Å². The van der Waals surface area contributed by atoms with Crippen LogP contribution in [-0.4, -0.2) is 28.5 Å². The van der Waals surface area contributed by atoms with Crippen LogP contribution < -0.4 is 5.56 Å². The second kappa shape index (κ2) is 5.26. The molecule has 2 heterocycles. The molecule has 1 unspecified atom stereocenters. The van der Waals surface area contributed by atoms with Gasteiger partial charge in [0.2, 0.25) is 0 Å². The van der Waals surface area contributed by atoms with Crippen LogP contribution in [0.4, 0.5) is 0 Å². The molecular weight excluding hydrogens is 335 g/mol. The van der Waals surface area contributed by atoms with E-state index in [2.05, 4.69) is 4.98 Å². The van der Waals surface area contributed by atoms with Crippen LogP contribution in [0.1, 0.15) is 12.2 Å². The number of halogens is 1. The third kappa shape index (κ3) is 2.74. The van der Waals surface area contributed by atoms with E-state index in [1.165, 1.54) is 10.8 Å². The lowest BCUT2D eigenvalue weighted by atomic mass is 10.0. The Kier molecular flexibility index (Phi) is 3.93. The molecule has 1 saturated heterocycles. The molecule has 1 aromatic heterocycles. The van der Waals surface area contributed by atoms with E-state index in [0.29, 0.717) is 22.6 Å². The maximum Gasteiger partial charge on any atom is 0.267 e. The minimum Gasteiger partial charge on any atom is -0.381 e. The van der Waals surface area contributed by atoms with Crippen molar-refractivity contribution in [2.24, 2.45) is 5.92 Å². The summed E-state index contributed by atoms with van der Waals surface area (Å²) in [5.41, 5.74) is -0.148. The summed E-state index contributed by atoms with van der Waals surface area (Å²) >= 11 is 1.93. The Bertz CT molecular complexity index is 492. The smallest absolute Gasteiger partial charge is 0.267 e. The van der Waals surface area contributed by atoms with Gasteiger partial charge in [0.1, 0.15) is 5.82 Å². The van der Waals surface area contributed by atoms with Crippen LogP contribution in [0.5, 0.6) is 0 Å². The lowest BCUT2D eigenvalue weighted by Crippen LogP contribution is -2.31. The summed E-state index contributed by atoms with van der Waals surface area (Å²) in [5, 5.41) is 0. The Morgan fingerprint density at radius 2 is 2.47 bits per heavy atom. The summed E-state index contributed by atoms with van der Waals surface area (Å²) in [4.78, 5) is 27.9. The fourth-order valence-corrected chi connectivity index (χ4v) is 2.24. The minimum absolute atomic E-state index is 0.0523. The molecular formula is C11H13IN2O3. The molecule has 1 fully saturated rings. The zero-order valence-corrected chi connectivity index (χ0v) is 11.6. The summed E-state index contributed by atoms with van der Waals surface area (Å²) in [6, 6.07) is 0. The highest BCUT2D eigenvalue weighted by Gasteiger charge is 2.24. The van der Waals surface area contributed by atoms with Gasteiger partial charge in [-0.3, -0.25) is 14.2 Å². The van der Waals surface area contributed by atoms with Gasteiger partial charge in [-0.05, 0) is 35.9 Å². The fraction of sp³-hybridized carbons (Fsp3) is 0.545. The van der Waals surface area contributed by atoms with Gasteiger partial charge in [-0.1, -0.05) is 0 Å². The van der Waals surface area contributed by atoms with Crippen LogP contribution in [0.2, 0.25) is 0 Å². The highest BCUT2D eigenvalue weighted by atomic mass is 127. The van der Waals surface area contributed by atoms with Gasteiger partial charge in [0, 0.05) is 18.7 Å². The molecule has 1 aromatic rings. The van der Waals surface area contributed by atoms with Crippen LogP contribution in [-0.2, 0) is 16.1 Å². The lowest BCUT2D eigenvalue weighted by Gasteiger charge is -2.11. The van der Waals surface area contributed by atoms with Crippen molar-refractivity contribution in [1.82, 2.24) is 9.55 Å². The van der Waals surface area contributed by atoms with Crippen molar-refractivity contribution in [3.8, 4) is 0 Å². The SMILES string of the molecule is Cc1ncc(I)c(=O)n1CC(=O)C1CCOC1. The lowest BCUT2D eigenvalue weighted by molar-refractivity contribution is -0.123. The Hall–Kier alpha value is -0.760. The molecule has 0 bridgehead atoms. The van der Waals surface area contributed by atoms with E-state index in [0.717, 1.165) is 6.42 Å². The van der Waals surface area contributed by atoms with Crippen LogP contribution in [0.3, 0.4) is 0 Å².